The standard InChI is InChI=1S/C43H42O9/c1-4-11-33-28-38(20-21-39(33)52-43(47)35-15-13-32-27-37(50-41(45)6-3)19-17-30(32)25-35)51-42(46)34-14-12-31-26-36(18-16-29(31)24-34)48-22-9-7-8-10-23-49-40(44)5-2/h5,12-21,24-28H,2,4,6-11,22-23H2,1,3H3. The Balaban J connectivity index is 1.16. The summed E-state index contributed by atoms with van der Waals surface area (Å²) in [5.74, 6) is 0.199. The Morgan fingerprint density at radius 1 is 0.596 bits per heavy atom. The Kier molecular flexibility index (Phi) is 13.1. The highest BCUT2D eigenvalue weighted by atomic mass is 16.5. The van der Waals surface area contributed by atoms with Crippen LogP contribution in [-0.2, 0) is 20.7 Å². The van der Waals surface area contributed by atoms with E-state index < -0.39 is 17.9 Å². The molecule has 5 aromatic carbocycles. The number of fused-ring (bicyclic) bond motifs is 2. The van der Waals surface area contributed by atoms with Gasteiger partial charge in [0.2, 0.25) is 0 Å². The number of ether oxygens (including phenoxy) is 5. The molecule has 0 radical (unpaired) electrons. The lowest BCUT2D eigenvalue weighted by Crippen LogP contribution is -2.11. The number of aryl methyl sites for hydroxylation is 1. The molecule has 0 amide bonds. The minimum atomic E-state index is -0.518. The number of hydrogen-bond acceptors (Lipinski definition) is 9. The molecule has 52 heavy (non-hydrogen) atoms. The number of unbranched alkanes of at least 4 members (excludes halogenated alkanes) is 3. The maximum Gasteiger partial charge on any atom is 0.343 e. The van der Waals surface area contributed by atoms with Crippen molar-refractivity contribution in [2.24, 2.45) is 0 Å². The van der Waals surface area contributed by atoms with Crippen molar-refractivity contribution >= 4 is 45.4 Å². The van der Waals surface area contributed by atoms with Crippen LogP contribution in [-0.4, -0.2) is 37.1 Å². The van der Waals surface area contributed by atoms with Gasteiger partial charge in [0.05, 0.1) is 24.3 Å². The normalized spacial score (nSPS) is 10.8. The fourth-order valence-electron chi connectivity index (χ4n) is 5.55. The molecule has 9 heteroatoms. The quantitative estimate of drug-likeness (QED) is 0.0405. The summed E-state index contributed by atoms with van der Waals surface area (Å²) in [6, 6.07) is 26.5. The second kappa shape index (κ2) is 18.3. The molecule has 0 aliphatic carbocycles. The molecule has 268 valence electrons. The zero-order chi connectivity index (χ0) is 36.9. The zero-order valence-corrected chi connectivity index (χ0v) is 29.5. The van der Waals surface area contributed by atoms with Gasteiger partial charge in [-0.15, -0.1) is 0 Å². The third kappa shape index (κ3) is 10.3. The van der Waals surface area contributed by atoms with E-state index in [0.29, 0.717) is 48.0 Å². The number of hydrogen-bond donors (Lipinski definition) is 0. The van der Waals surface area contributed by atoms with Crippen LogP contribution in [0.25, 0.3) is 21.5 Å². The minimum absolute atomic E-state index is 0.276. The van der Waals surface area contributed by atoms with Crippen molar-refractivity contribution in [1.29, 1.82) is 0 Å². The molecule has 5 aromatic rings. The van der Waals surface area contributed by atoms with Crippen LogP contribution in [0.2, 0.25) is 0 Å². The second-order valence-electron chi connectivity index (χ2n) is 12.2. The Bertz CT molecular complexity index is 2080. The van der Waals surface area contributed by atoms with E-state index in [4.69, 9.17) is 23.7 Å². The maximum absolute atomic E-state index is 13.2. The lowest BCUT2D eigenvalue weighted by Gasteiger charge is -2.13. The van der Waals surface area contributed by atoms with Gasteiger partial charge >= 0.3 is 23.9 Å². The van der Waals surface area contributed by atoms with Crippen LogP contribution >= 0.6 is 0 Å². The molecule has 0 spiro atoms. The van der Waals surface area contributed by atoms with Crippen LogP contribution in [0.15, 0.2) is 104 Å². The third-order valence-corrected chi connectivity index (χ3v) is 8.30. The van der Waals surface area contributed by atoms with Crippen molar-refractivity contribution in [3.63, 3.8) is 0 Å². The van der Waals surface area contributed by atoms with Gasteiger partial charge in [-0.3, -0.25) is 4.79 Å². The molecule has 0 fully saturated rings. The molecule has 0 N–H and O–H groups in total. The Labute approximate surface area is 303 Å². The first-order valence-corrected chi connectivity index (χ1v) is 17.5. The summed E-state index contributed by atoms with van der Waals surface area (Å²) in [5.41, 5.74) is 1.51. The molecule has 0 saturated carbocycles. The van der Waals surface area contributed by atoms with Gasteiger partial charge in [0.1, 0.15) is 23.0 Å². The van der Waals surface area contributed by atoms with Crippen molar-refractivity contribution in [3.05, 3.63) is 120 Å². The zero-order valence-electron chi connectivity index (χ0n) is 29.5. The molecule has 9 nitrogen and oxygen atoms in total. The number of rotatable bonds is 17. The molecule has 0 bridgehead atoms. The van der Waals surface area contributed by atoms with E-state index in [-0.39, 0.29) is 12.4 Å². The number of benzene rings is 5. The molecule has 5 rings (SSSR count). The first-order valence-electron chi connectivity index (χ1n) is 17.5. The number of carbonyl (C=O) groups is 4. The van der Waals surface area contributed by atoms with Gasteiger partial charge < -0.3 is 23.7 Å². The fraction of sp³-hybridized carbons (Fsp3) is 0.256. The van der Waals surface area contributed by atoms with Crippen molar-refractivity contribution in [2.45, 2.75) is 58.8 Å². The predicted octanol–water partition coefficient (Wildman–Crippen LogP) is 9.37. The largest absolute Gasteiger partial charge is 0.494 e. The van der Waals surface area contributed by atoms with Gasteiger partial charge in [0.25, 0.3) is 0 Å². The molecule has 0 aliphatic heterocycles. The van der Waals surface area contributed by atoms with E-state index in [1.54, 1.807) is 73.7 Å². The molecule has 0 heterocycles. The van der Waals surface area contributed by atoms with Gasteiger partial charge in [-0.25, -0.2) is 14.4 Å². The fourth-order valence-corrected chi connectivity index (χ4v) is 5.55. The highest BCUT2D eigenvalue weighted by Crippen LogP contribution is 2.29. The second-order valence-corrected chi connectivity index (χ2v) is 12.2. The SMILES string of the molecule is C=CC(=O)OCCCCCCOc1ccc2cc(C(=O)Oc3ccc(OC(=O)c4ccc5cc(OC(=O)CC)ccc5c4)c(CCC)c3)ccc2c1. The van der Waals surface area contributed by atoms with Crippen molar-refractivity contribution in [1.82, 2.24) is 0 Å². The summed E-state index contributed by atoms with van der Waals surface area (Å²) in [4.78, 5) is 49.1. The predicted molar refractivity (Wildman–Crippen MR) is 199 cm³/mol. The van der Waals surface area contributed by atoms with Crippen LogP contribution in [0, 0.1) is 0 Å². The monoisotopic (exact) mass is 702 g/mol. The summed E-state index contributed by atoms with van der Waals surface area (Å²) in [7, 11) is 0. The average Bonchev–Trinajstić information content (AvgIpc) is 3.16. The summed E-state index contributed by atoms with van der Waals surface area (Å²) in [5, 5.41) is 3.43. The van der Waals surface area contributed by atoms with Gasteiger partial charge in [0, 0.05) is 12.5 Å². The lowest BCUT2D eigenvalue weighted by molar-refractivity contribution is -0.138. The Morgan fingerprint density at radius 2 is 1.15 bits per heavy atom. The molecule has 0 unspecified atom stereocenters. The maximum atomic E-state index is 13.2. The summed E-state index contributed by atoms with van der Waals surface area (Å²) in [6.07, 6.45) is 6.43. The Morgan fingerprint density at radius 3 is 1.81 bits per heavy atom. The molecular formula is C43H42O9. The summed E-state index contributed by atoms with van der Waals surface area (Å²) in [6.45, 7) is 8.10. The molecule has 0 aromatic heterocycles. The van der Waals surface area contributed by atoms with Gasteiger partial charge in [0.15, 0.2) is 0 Å². The summed E-state index contributed by atoms with van der Waals surface area (Å²) < 4.78 is 27.8. The third-order valence-electron chi connectivity index (χ3n) is 8.30. The van der Waals surface area contributed by atoms with Crippen molar-refractivity contribution < 1.29 is 42.9 Å². The smallest absolute Gasteiger partial charge is 0.343 e. The van der Waals surface area contributed by atoms with Crippen LogP contribution in [0.4, 0.5) is 0 Å². The topological polar surface area (TPSA) is 114 Å². The van der Waals surface area contributed by atoms with Crippen LogP contribution in [0.5, 0.6) is 23.0 Å². The van der Waals surface area contributed by atoms with E-state index in [0.717, 1.165) is 71.0 Å². The molecule has 0 atom stereocenters. The van der Waals surface area contributed by atoms with Crippen LogP contribution in [0.3, 0.4) is 0 Å². The van der Waals surface area contributed by atoms with Gasteiger partial charge in [-0.05, 0) is 126 Å². The number of esters is 4. The van der Waals surface area contributed by atoms with E-state index >= 15 is 0 Å². The Hall–Kier alpha value is -5.96. The van der Waals surface area contributed by atoms with E-state index in [1.807, 2.05) is 31.2 Å². The van der Waals surface area contributed by atoms with Crippen molar-refractivity contribution in [3.8, 4) is 23.0 Å². The van der Waals surface area contributed by atoms with E-state index in [2.05, 4.69) is 6.58 Å². The van der Waals surface area contributed by atoms with E-state index in [1.165, 1.54) is 0 Å². The minimum Gasteiger partial charge on any atom is -0.494 e. The van der Waals surface area contributed by atoms with Crippen LogP contribution in [0.1, 0.15) is 78.7 Å². The van der Waals surface area contributed by atoms with Crippen molar-refractivity contribution in [2.75, 3.05) is 13.2 Å². The molecular weight excluding hydrogens is 660 g/mol. The molecule has 0 aliphatic rings. The highest BCUT2D eigenvalue weighted by Gasteiger charge is 2.16. The number of carbonyl (C=O) groups excluding carboxylic acids is 4. The average molecular weight is 703 g/mol. The van der Waals surface area contributed by atoms with E-state index in [9.17, 15) is 19.2 Å². The molecule has 0 saturated heterocycles. The van der Waals surface area contributed by atoms with Gasteiger partial charge in [-0.2, -0.15) is 0 Å². The first kappa shape index (κ1) is 37.3. The van der Waals surface area contributed by atoms with Gasteiger partial charge in [-0.1, -0.05) is 51.1 Å². The van der Waals surface area contributed by atoms with Crippen LogP contribution < -0.4 is 18.9 Å². The summed E-state index contributed by atoms with van der Waals surface area (Å²) >= 11 is 0. The first-order chi connectivity index (χ1) is 25.3. The highest BCUT2D eigenvalue weighted by molar-refractivity contribution is 5.98. The lowest BCUT2D eigenvalue weighted by atomic mass is 10.1.